The molecule has 7 nitrogen and oxygen atoms in total. The summed E-state index contributed by atoms with van der Waals surface area (Å²) in [6, 6.07) is 14.6. The quantitative estimate of drug-likeness (QED) is 0.385. The van der Waals surface area contributed by atoms with Gasteiger partial charge < -0.3 is 9.47 Å². The molecule has 1 amide bonds. The van der Waals surface area contributed by atoms with E-state index in [1.165, 1.54) is 16.2 Å². The maximum atomic E-state index is 12.6. The van der Waals surface area contributed by atoms with Gasteiger partial charge in [0.2, 0.25) is 5.91 Å². The lowest BCUT2D eigenvalue weighted by molar-refractivity contribution is -0.147. The molecule has 0 N–H and O–H groups in total. The van der Waals surface area contributed by atoms with E-state index in [1.54, 1.807) is 31.4 Å². The Morgan fingerprint density at radius 2 is 1.79 bits per heavy atom. The van der Waals surface area contributed by atoms with Crippen LogP contribution in [0.15, 0.2) is 48.5 Å². The van der Waals surface area contributed by atoms with Crippen molar-refractivity contribution in [3.8, 4) is 17.0 Å². The van der Waals surface area contributed by atoms with E-state index in [4.69, 9.17) is 9.47 Å². The minimum atomic E-state index is -0.631. The van der Waals surface area contributed by atoms with E-state index >= 15 is 0 Å². The summed E-state index contributed by atoms with van der Waals surface area (Å²) in [5, 5.41) is 0.567. The van der Waals surface area contributed by atoms with Crippen LogP contribution in [0.3, 0.4) is 0 Å². The van der Waals surface area contributed by atoms with Crippen molar-refractivity contribution in [1.82, 2.24) is 4.98 Å². The van der Waals surface area contributed by atoms with Crippen molar-refractivity contribution >= 4 is 34.1 Å². The second-order valence-corrected chi connectivity index (χ2v) is 9.11. The summed E-state index contributed by atoms with van der Waals surface area (Å²) in [5.74, 6) is -1.04. The molecule has 0 radical (unpaired) electrons. The Kier molecular flexibility index (Phi) is 6.55. The molecule has 0 spiro atoms. The number of carbonyl (C=O) groups excluding carboxylic acids is 3. The number of anilines is 1. The van der Waals surface area contributed by atoms with Crippen LogP contribution in [-0.4, -0.2) is 42.9 Å². The van der Waals surface area contributed by atoms with Gasteiger partial charge >= 0.3 is 5.97 Å². The SMILES string of the molecule is COc1ccc(C(=O)COC(=O)[C@H]2CC(=O)N(c3nc(-c4ccc(C)cc4)c(C)s3)C2)cc1. The van der Waals surface area contributed by atoms with Crippen molar-refractivity contribution in [3.63, 3.8) is 0 Å². The van der Waals surface area contributed by atoms with Gasteiger partial charge in [0, 0.05) is 29.0 Å². The second-order valence-electron chi connectivity index (χ2n) is 7.93. The zero-order chi connectivity index (χ0) is 23.5. The van der Waals surface area contributed by atoms with E-state index in [1.807, 2.05) is 38.1 Å². The van der Waals surface area contributed by atoms with Crippen LogP contribution in [0.25, 0.3) is 11.3 Å². The first-order chi connectivity index (χ1) is 15.9. The van der Waals surface area contributed by atoms with Gasteiger partial charge in [-0.25, -0.2) is 4.98 Å². The lowest BCUT2D eigenvalue weighted by atomic mass is 10.1. The first-order valence-electron chi connectivity index (χ1n) is 10.5. The lowest BCUT2D eigenvalue weighted by Crippen LogP contribution is -2.27. The fourth-order valence-electron chi connectivity index (χ4n) is 3.64. The number of rotatable bonds is 7. The fraction of sp³-hybridized carbons (Fsp3) is 0.280. The van der Waals surface area contributed by atoms with Gasteiger partial charge in [0.05, 0.1) is 18.7 Å². The Bertz CT molecular complexity index is 1180. The normalized spacial score (nSPS) is 15.5. The molecule has 2 aromatic carbocycles. The van der Waals surface area contributed by atoms with Crippen LogP contribution in [0.1, 0.15) is 27.2 Å². The van der Waals surface area contributed by atoms with Crippen LogP contribution < -0.4 is 9.64 Å². The van der Waals surface area contributed by atoms with Gasteiger partial charge in [-0.3, -0.25) is 19.3 Å². The van der Waals surface area contributed by atoms with Crippen molar-refractivity contribution in [2.24, 2.45) is 5.92 Å². The molecule has 1 aliphatic heterocycles. The molecule has 170 valence electrons. The molecule has 1 aliphatic rings. The summed E-state index contributed by atoms with van der Waals surface area (Å²) in [6.07, 6.45) is 0.0358. The monoisotopic (exact) mass is 464 g/mol. The highest BCUT2D eigenvalue weighted by Gasteiger charge is 2.38. The number of aromatic nitrogens is 1. The number of hydrogen-bond acceptors (Lipinski definition) is 7. The molecule has 8 heteroatoms. The van der Waals surface area contributed by atoms with Gasteiger partial charge in [-0.15, -0.1) is 11.3 Å². The van der Waals surface area contributed by atoms with Gasteiger partial charge in [0.15, 0.2) is 17.5 Å². The molecule has 1 aromatic heterocycles. The topological polar surface area (TPSA) is 85.8 Å². The highest BCUT2D eigenvalue weighted by Crippen LogP contribution is 2.35. The highest BCUT2D eigenvalue weighted by molar-refractivity contribution is 7.16. The Hall–Kier alpha value is -3.52. The third-order valence-corrected chi connectivity index (χ3v) is 6.55. The first-order valence-corrected chi connectivity index (χ1v) is 11.4. The molecule has 0 saturated carbocycles. The maximum absolute atomic E-state index is 12.6. The van der Waals surface area contributed by atoms with Gasteiger partial charge in [0.1, 0.15) is 5.75 Å². The average molecular weight is 465 g/mol. The van der Waals surface area contributed by atoms with Crippen molar-refractivity contribution in [3.05, 3.63) is 64.5 Å². The van der Waals surface area contributed by atoms with Gasteiger partial charge in [-0.1, -0.05) is 29.8 Å². The second kappa shape index (κ2) is 9.54. The molecule has 1 fully saturated rings. The predicted molar refractivity (Wildman–Crippen MR) is 126 cm³/mol. The molecule has 4 rings (SSSR count). The van der Waals surface area contributed by atoms with Crippen LogP contribution in [0, 0.1) is 19.8 Å². The van der Waals surface area contributed by atoms with Gasteiger partial charge in [-0.2, -0.15) is 0 Å². The van der Waals surface area contributed by atoms with Crippen LogP contribution in [0.2, 0.25) is 0 Å². The number of Topliss-reactive ketones (excluding diaryl/α,β-unsaturated/α-hetero) is 1. The van der Waals surface area contributed by atoms with E-state index in [-0.39, 0.29) is 31.3 Å². The Morgan fingerprint density at radius 3 is 2.45 bits per heavy atom. The predicted octanol–water partition coefficient (Wildman–Crippen LogP) is 4.21. The number of ether oxygens (including phenoxy) is 2. The van der Waals surface area contributed by atoms with Crippen LogP contribution >= 0.6 is 11.3 Å². The van der Waals surface area contributed by atoms with Crippen LogP contribution in [0.5, 0.6) is 5.75 Å². The first kappa shape index (κ1) is 22.7. The van der Waals surface area contributed by atoms with E-state index in [0.717, 1.165) is 21.7 Å². The minimum absolute atomic E-state index is 0.0358. The van der Waals surface area contributed by atoms with Gasteiger partial charge in [-0.05, 0) is 38.1 Å². The van der Waals surface area contributed by atoms with E-state index in [0.29, 0.717) is 16.4 Å². The Labute approximate surface area is 196 Å². The molecule has 1 saturated heterocycles. The van der Waals surface area contributed by atoms with E-state index in [2.05, 4.69) is 4.98 Å². The molecule has 0 unspecified atom stereocenters. The number of amides is 1. The summed E-state index contributed by atoms with van der Waals surface area (Å²) >= 11 is 1.42. The molecular formula is C25H24N2O5S. The molecule has 2 heterocycles. The number of carbonyl (C=O) groups is 3. The number of methoxy groups -OCH3 is 1. The van der Waals surface area contributed by atoms with E-state index < -0.39 is 11.9 Å². The van der Waals surface area contributed by atoms with Crippen molar-refractivity contribution in [1.29, 1.82) is 0 Å². The number of thiazole rings is 1. The fourth-order valence-corrected chi connectivity index (χ4v) is 4.60. The number of benzene rings is 2. The van der Waals surface area contributed by atoms with Crippen LogP contribution in [-0.2, 0) is 14.3 Å². The lowest BCUT2D eigenvalue weighted by Gasteiger charge is -2.13. The van der Waals surface area contributed by atoms with Crippen molar-refractivity contribution in [2.45, 2.75) is 20.3 Å². The molecule has 0 aliphatic carbocycles. The standard InChI is InChI=1S/C25H24N2O5S/c1-15-4-6-18(7-5-15)23-16(2)33-25(26-23)27-13-19(12-22(27)29)24(30)32-14-21(28)17-8-10-20(31-3)11-9-17/h4-11,19H,12-14H2,1-3H3/t19-/m0/s1. The summed E-state index contributed by atoms with van der Waals surface area (Å²) in [6.45, 7) is 3.81. The van der Waals surface area contributed by atoms with E-state index in [9.17, 15) is 14.4 Å². The Morgan fingerprint density at radius 1 is 1.09 bits per heavy atom. The minimum Gasteiger partial charge on any atom is -0.497 e. The molecule has 0 bridgehead atoms. The van der Waals surface area contributed by atoms with Crippen molar-refractivity contribution < 1.29 is 23.9 Å². The third-order valence-electron chi connectivity index (χ3n) is 5.56. The highest BCUT2D eigenvalue weighted by atomic mass is 32.1. The number of aryl methyl sites for hydroxylation is 2. The summed E-state index contributed by atoms with van der Waals surface area (Å²) in [7, 11) is 1.54. The largest absolute Gasteiger partial charge is 0.497 e. The summed E-state index contributed by atoms with van der Waals surface area (Å²) in [4.78, 5) is 44.7. The number of nitrogens with zero attached hydrogens (tertiary/aromatic N) is 2. The molecule has 33 heavy (non-hydrogen) atoms. The van der Waals surface area contributed by atoms with Crippen LogP contribution in [0.4, 0.5) is 5.13 Å². The van der Waals surface area contributed by atoms with Crippen molar-refractivity contribution in [2.75, 3.05) is 25.2 Å². The Balaban J connectivity index is 1.38. The van der Waals surface area contributed by atoms with Gasteiger partial charge in [0.25, 0.3) is 0 Å². The number of esters is 1. The average Bonchev–Trinajstić information content (AvgIpc) is 3.40. The molecule has 3 aromatic rings. The molecular weight excluding hydrogens is 440 g/mol. The number of hydrogen-bond donors (Lipinski definition) is 0. The smallest absolute Gasteiger partial charge is 0.311 e. The zero-order valence-corrected chi connectivity index (χ0v) is 19.5. The number of ketones is 1. The summed E-state index contributed by atoms with van der Waals surface area (Å²) < 4.78 is 10.3. The summed E-state index contributed by atoms with van der Waals surface area (Å²) in [5.41, 5.74) is 3.40. The molecule has 1 atom stereocenters. The maximum Gasteiger partial charge on any atom is 0.311 e. The third kappa shape index (κ3) is 4.96. The zero-order valence-electron chi connectivity index (χ0n) is 18.7.